The van der Waals surface area contributed by atoms with Crippen molar-refractivity contribution in [2.45, 2.75) is 25.8 Å². The molecule has 1 aliphatic heterocycles. The van der Waals surface area contributed by atoms with Crippen molar-refractivity contribution in [3.8, 4) is 0 Å². The summed E-state index contributed by atoms with van der Waals surface area (Å²) in [5, 5.41) is 0. The number of amides is 1. The Hall–Kier alpha value is -1.49. The second-order valence-corrected chi connectivity index (χ2v) is 4.84. The number of nitrogens with zero attached hydrogens (tertiary/aromatic N) is 2. The fourth-order valence-electron chi connectivity index (χ4n) is 2.36. The van der Waals surface area contributed by atoms with Gasteiger partial charge >= 0.3 is 0 Å². The molecule has 4 nitrogen and oxygen atoms in total. The molecular formula is C13H18FN3O. The molecule has 2 heterocycles. The number of piperidine rings is 1. The first-order chi connectivity index (χ1) is 8.63. The molecule has 1 amide bonds. The first kappa shape index (κ1) is 13.0. The third-order valence-corrected chi connectivity index (χ3v) is 3.58. The predicted molar refractivity (Wildman–Crippen MR) is 66.5 cm³/mol. The van der Waals surface area contributed by atoms with Crippen molar-refractivity contribution >= 4 is 5.91 Å². The Morgan fingerprint density at radius 1 is 1.61 bits per heavy atom. The molecule has 0 bridgehead atoms. The molecular weight excluding hydrogens is 233 g/mol. The van der Waals surface area contributed by atoms with Gasteiger partial charge < -0.3 is 10.6 Å². The van der Waals surface area contributed by atoms with Gasteiger partial charge in [0.15, 0.2) is 5.82 Å². The maximum atomic E-state index is 13.6. The van der Waals surface area contributed by atoms with Crippen molar-refractivity contribution in [3.63, 3.8) is 0 Å². The highest BCUT2D eigenvalue weighted by atomic mass is 19.1. The van der Waals surface area contributed by atoms with E-state index in [9.17, 15) is 9.18 Å². The molecule has 98 valence electrons. The van der Waals surface area contributed by atoms with Gasteiger partial charge in [0.1, 0.15) is 0 Å². The van der Waals surface area contributed by atoms with E-state index in [-0.39, 0.29) is 17.5 Å². The Kier molecular flexibility index (Phi) is 3.91. The minimum absolute atomic E-state index is 0.0921. The van der Waals surface area contributed by atoms with Crippen LogP contribution >= 0.6 is 0 Å². The highest BCUT2D eigenvalue weighted by Crippen LogP contribution is 2.23. The Labute approximate surface area is 106 Å². The Morgan fingerprint density at radius 2 is 2.39 bits per heavy atom. The van der Waals surface area contributed by atoms with Gasteiger partial charge in [-0.05, 0) is 38.3 Å². The molecule has 0 saturated carbocycles. The third-order valence-electron chi connectivity index (χ3n) is 3.58. The van der Waals surface area contributed by atoms with Crippen LogP contribution in [0.2, 0.25) is 0 Å². The molecule has 1 saturated heterocycles. The number of carbonyl (C=O) groups is 1. The van der Waals surface area contributed by atoms with Crippen LogP contribution in [0.1, 0.15) is 30.1 Å². The molecule has 0 spiro atoms. The van der Waals surface area contributed by atoms with E-state index >= 15 is 0 Å². The SMILES string of the molecule is CC1CCC(CN)CN1C(=O)c1ccncc1F. The van der Waals surface area contributed by atoms with Gasteiger partial charge in [-0.25, -0.2) is 4.39 Å². The van der Waals surface area contributed by atoms with Crippen LogP contribution in [0.25, 0.3) is 0 Å². The summed E-state index contributed by atoms with van der Waals surface area (Å²) in [5.41, 5.74) is 5.75. The van der Waals surface area contributed by atoms with Gasteiger partial charge in [0, 0.05) is 18.8 Å². The van der Waals surface area contributed by atoms with Crippen molar-refractivity contribution in [2.75, 3.05) is 13.1 Å². The molecule has 0 radical (unpaired) electrons. The summed E-state index contributed by atoms with van der Waals surface area (Å²) < 4.78 is 13.6. The predicted octanol–water partition coefficient (Wildman–Crippen LogP) is 1.42. The number of likely N-dealkylation sites (tertiary alicyclic amines) is 1. The van der Waals surface area contributed by atoms with E-state index in [0.717, 1.165) is 19.0 Å². The van der Waals surface area contributed by atoms with E-state index in [2.05, 4.69) is 4.98 Å². The van der Waals surface area contributed by atoms with Crippen LogP contribution in [0.15, 0.2) is 18.5 Å². The standard InChI is InChI=1S/C13H18FN3O/c1-9-2-3-10(6-15)8-17(9)13(18)11-4-5-16-7-12(11)14/h4-5,7,9-10H,2-3,6,8,15H2,1H3. The van der Waals surface area contributed by atoms with Crippen molar-refractivity contribution < 1.29 is 9.18 Å². The largest absolute Gasteiger partial charge is 0.336 e. The van der Waals surface area contributed by atoms with Crippen LogP contribution < -0.4 is 5.73 Å². The van der Waals surface area contributed by atoms with Gasteiger partial charge in [0.05, 0.1) is 11.8 Å². The molecule has 2 rings (SSSR count). The lowest BCUT2D eigenvalue weighted by molar-refractivity contribution is 0.0562. The maximum Gasteiger partial charge on any atom is 0.257 e. The van der Waals surface area contributed by atoms with Crippen molar-refractivity contribution in [1.82, 2.24) is 9.88 Å². The minimum Gasteiger partial charge on any atom is -0.336 e. The summed E-state index contributed by atoms with van der Waals surface area (Å²) in [6.07, 6.45) is 4.45. The number of halogens is 1. The molecule has 0 aromatic carbocycles. The summed E-state index contributed by atoms with van der Waals surface area (Å²) in [4.78, 5) is 17.7. The summed E-state index contributed by atoms with van der Waals surface area (Å²) in [5.74, 6) is -0.514. The summed E-state index contributed by atoms with van der Waals surface area (Å²) in [6.45, 7) is 3.16. The van der Waals surface area contributed by atoms with Crippen molar-refractivity contribution in [3.05, 3.63) is 29.8 Å². The molecule has 1 aromatic rings. The minimum atomic E-state index is -0.565. The van der Waals surface area contributed by atoms with Crippen molar-refractivity contribution in [2.24, 2.45) is 11.7 Å². The highest BCUT2D eigenvalue weighted by Gasteiger charge is 2.30. The van der Waals surface area contributed by atoms with Crippen molar-refractivity contribution in [1.29, 1.82) is 0 Å². The van der Waals surface area contributed by atoms with Crippen LogP contribution in [-0.2, 0) is 0 Å². The fraction of sp³-hybridized carbons (Fsp3) is 0.538. The van der Waals surface area contributed by atoms with Crippen LogP contribution in [0.5, 0.6) is 0 Å². The number of nitrogens with two attached hydrogens (primary N) is 1. The molecule has 5 heteroatoms. The van der Waals surface area contributed by atoms with Crippen LogP contribution in [0, 0.1) is 11.7 Å². The van der Waals surface area contributed by atoms with Crippen LogP contribution in [-0.4, -0.2) is 34.9 Å². The topological polar surface area (TPSA) is 59.2 Å². The molecule has 0 aliphatic carbocycles. The Bertz CT molecular complexity index is 438. The van der Waals surface area contributed by atoms with Gasteiger partial charge in [-0.2, -0.15) is 0 Å². The zero-order valence-corrected chi connectivity index (χ0v) is 10.5. The van der Waals surface area contributed by atoms with Gasteiger partial charge in [-0.15, -0.1) is 0 Å². The summed E-state index contributed by atoms with van der Waals surface area (Å²) in [7, 11) is 0. The van der Waals surface area contributed by atoms with Gasteiger partial charge in [0.25, 0.3) is 5.91 Å². The van der Waals surface area contributed by atoms with E-state index in [1.54, 1.807) is 4.90 Å². The first-order valence-corrected chi connectivity index (χ1v) is 6.24. The number of pyridine rings is 1. The molecule has 1 aromatic heterocycles. The number of hydrogen-bond donors (Lipinski definition) is 1. The van der Waals surface area contributed by atoms with E-state index in [4.69, 9.17) is 5.73 Å². The van der Waals surface area contributed by atoms with E-state index in [1.165, 1.54) is 12.3 Å². The average molecular weight is 251 g/mol. The summed E-state index contributed by atoms with van der Waals surface area (Å²) in [6, 6.07) is 1.56. The lowest BCUT2D eigenvalue weighted by Gasteiger charge is -2.37. The fourth-order valence-corrected chi connectivity index (χ4v) is 2.36. The molecule has 2 unspecified atom stereocenters. The van der Waals surface area contributed by atoms with E-state index < -0.39 is 5.82 Å². The van der Waals surface area contributed by atoms with Crippen LogP contribution in [0.4, 0.5) is 4.39 Å². The highest BCUT2D eigenvalue weighted by molar-refractivity contribution is 5.94. The van der Waals surface area contributed by atoms with E-state index in [0.29, 0.717) is 19.0 Å². The first-order valence-electron chi connectivity index (χ1n) is 6.24. The molecule has 1 fully saturated rings. The second-order valence-electron chi connectivity index (χ2n) is 4.84. The molecule has 1 aliphatic rings. The lowest BCUT2D eigenvalue weighted by Crippen LogP contribution is -2.47. The summed E-state index contributed by atoms with van der Waals surface area (Å²) >= 11 is 0. The Balaban J connectivity index is 2.19. The third kappa shape index (κ3) is 2.51. The van der Waals surface area contributed by atoms with Crippen LogP contribution in [0.3, 0.4) is 0 Å². The maximum absolute atomic E-state index is 13.6. The molecule has 2 N–H and O–H groups in total. The quantitative estimate of drug-likeness (QED) is 0.864. The Morgan fingerprint density at radius 3 is 3.06 bits per heavy atom. The number of rotatable bonds is 2. The van der Waals surface area contributed by atoms with E-state index in [1.807, 2.05) is 6.92 Å². The monoisotopic (exact) mass is 251 g/mol. The number of carbonyl (C=O) groups excluding carboxylic acids is 1. The molecule has 18 heavy (non-hydrogen) atoms. The van der Waals surface area contributed by atoms with Gasteiger partial charge in [-0.1, -0.05) is 0 Å². The second kappa shape index (κ2) is 5.44. The zero-order valence-electron chi connectivity index (χ0n) is 10.5. The number of hydrogen-bond acceptors (Lipinski definition) is 3. The van der Waals surface area contributed by atoms with Gasteiger partial charge in [-0.3, -0.25) is 9.78 Å². The van der Waals surface area contributed by atoms with Gasteiger partial charge in [0.2, 0.25) is 0 Å². The normalized spacial score (nSPS) is 24.1. The zero-order chi connectivity index (χ0) is 13.1. The number of aromatic nitrogens is 1. The average Bonchev–Trinajstić information content (AvgIpc) is 2.39. The molecule has 2 atom stereocenters. The smallest absolute Gasteiger partial charge is 0.257 e. The lowest BCUT2D eigenvalue weighted by atomic mass is 9.93.